The number of rotatable bonds is 5. The smallest absolute Gasteiger partial charge is 0.229 e. The van der Waals surface area contributed by atoms with Gasteiger partial charge in [0.1, 0.15) is 5.82 Å². The van der Waals surface area contributed by atoms with Gasteiger partial charge in [-0.15, -0.1) is 0 Å². The van der Waals surface area contributed by atoms with Crippen LogP contribution in [0.2, 0.25) is 0 Å². The first-order chi connectivity index (χ1) is 11.9. The van der Waals surface area contributed by atoms with Crippen LogP contribution in [0.1, 0.15) is 24.6 Å². The van der Waals surface area contributed by atoms with Gasteiger partial charge in [-0.3, -0.25) is 0 Å². The first-order valence-electron chi connectivity index (χ1n) is 8.53. The van der Waals surface area contributed by atoms with Crippen molar-refractivity contribution < 1.29 is 8.42 Å². The normalized spacial score (nSPS) is 18.9. The predicted molar refractivity (Wildman–Crippen MR) is 101 cm³/mol. The molecule has 1 atom stereocenters. The van der Waals surface area contributed by atoms with Crippen LogP contribution in [-0.4, -0.2) is 42.5 Å². The van der Waals surface area contributed by atoms with Gasteiger partial charge in [-0.2, -0.15) is 4.98 Å². The third-order valence-corrected chi connectivity index (χ3v) is 6.15. The van der Waals surface area contributed by atoms with Crippen molar-refractivity contribution in [3.63, 3.8) is 0 Å². The third kappa shape index (κ3) is 4.28. The van der Waals surface area contributed by atoms with E-state index in [-0.39, 0.29) is 17.5 Å². The molecule has 0 radical (unpaired) electrons. The minimum atomic E-state index is -2.93. The Hall–Kier alpha value is -2.15. The van der Waals surface area contributed by atoms with Crippen LogP contribution < -0.4 is 10.2 Å². The van der Waals surface area contributed by atoms with E-state index in [4.69, 9.17) is 0 Å². The summed E-state index contributed by atoms with van der Waals surface area (Å²) in [5.41, 5.74) is 2.94. The van der Waals surface area contributed by atoms with Crippen molar-refractivity contribution in [1.82, 2.24) is 9.97 Å². The minimum absolute atomic E-state index is 0.0175. The van der Waals surface area contributed by atoms with Gasteiger partial charge in [-0.1, -0.05) is 12.1 Å². The fraction of sp³-hybridized carbons (Fsp3) is 0.444. The number of sulfone groups is 1. The zero-order valence-electron chi connectivity index (χ0n) is 14.9. The van der Waals surface area contributed by atoms with E-state index in [9.17, 15) is 8.42 Å². The van der Waals surface area contributed by atoms with E-state index in [2.05, 4.69) is 20.2 Å². The van der Waals surface area contributed by atoms with Crippen LogP contribution in [0.3, 0.4) is 0 Å². The molecule has 0 aliphatic carbocycles. The van der Waals surface area contributed by atoms with Crippen molar-refractivity contribution in [3.8, 4) is 0 Å². The van der Waals surface area contributed by atoms with E-state index >= 15 is 0 Å². The van der Waals surface area contributed by atoms with Gasteiger partial charge in [-0.05, 0) is 44.9 Å². The Kier molecular flexibility index (Phi) is 4.94. The summed E-state index contributed by atoms with van der Waals surface area (Å²) in [5.74, 6) is 1.75. The molecule has 1 saturated heterocycles. The van der Waals surface area contributed by atoms with E-state index in [0.717, 1.165) is 22.8 Å². The lowest BCUT2D eigenvalue weighted by molar-refractivity contribution is 0.599. The standard InChI is InChI=1S/C18H24N4O2S/c1-4-22(16-8-9-25(23,24)12-16)17-11-14(3)19-18(21-17)20-15-7-5-6-13(2)10-15/h5-7,10-11,16H,4,8-9,12H2,1-3H3,(H,19,20,21). The molecule has 1 aliphatic rings. The molecule has 3 rings (SSSR count). The van der Waals surface area contributed by atoms with Crippen LogP contribution in [0.5, 0.6) is 0 Å². The Morgan fingerprint density at radius 1 is 1.24 bits per heavy atom. The van der Waals surface area contributed by atoms with Gasteiger partial charge >= 0.3 is 0 Å². The molecule has 1 N–H and O–H groups in total. The molecule has 1 fully saturated rings. The first-order valence-corrected chi connectivity index (χ1v) is 10.3. The molecule has 1 aromatic heterocycles. The molecular weight excluding hydrogens is 336 g/mol. The van der Waals surface area contributed by atoms with Crippen molar-refractivity contribution in [3.05, 3.63) is 41.6 Å². The van der Waals surface area contributed by atoms with E-state index in [1.807, 2.05) is 51.1 Å². The van der Waals surface area contributed by atoms with Gasteiger partial charge in [0.05, 0.1) is 11.5 Å². The lowest BCUT2D eigenvalue weighted by Gasteiger charge is -2.28. The maximum atomic E-state index is 11.8. The maximum absolute atomic E-state index is 11.8. The van der Waals surface area contributed by atoms with Gasteiger partial charge in [-0.25, -0.2) is 13.4 Å². The number of aromatic nitrogens is 2. The van der Waals surface area contributed by atoms with Gasteiger partial charge in [0.2, 0.25) is 5.95 Å². The van der Waals surface area contributed by atoms with Crippen LogP contribution >= 0.6 is 0 Å². The fourth-order valence-corrected chi connectivity index (χ4v) is 4.97. The number of hydrogen-bond donors (Lipinski definition) is 1. The Morgan fingerprint density at radius 2 is 2.04 bits per heavy atom. The monoisotopic (exact) mass is 360 g/mol. The molecular formula is C18H24N4O2S. The number of nitrogens with one attached hydrogen (secondary N) is 1. The Labute approximate surface area is 149 Å². The summed E-state index contributed by atoms with van der Waals surface area (Å²) in [6.07, 6.45) is 0.653. The highest BCUT2D eigenvalue weighted by Crippen LogP contribution is 2.25. The Balaban J connectivity index is 1.87. The highest BCUT2D eigenvalue weighted by atomic mass is 32.2. The summed E-state index contributed by atoms with van der Waals surface area (Å²) in [6, 6.07) is 9.92. The molecule has 1 aromatic carbocycles. The maximum Gasteiger partial charge on any atom is 0.229 e. The lowest BCUT2D eigenvalue weighted by atomic mass is 10.2. The molecule has 0 saturated carbocycles. The lowest BCUT2D eigenvalue weighted by Crippen LogP contribution is -2.36. The summed E-state index contributed by atoms with van der Waals surface area (Å²) >= 11 is 0. The van der Waals surface area contributed by atoms with Crippen molar-refractivity contribution >= 4 is 27.3 Å². The zero-order chi connectivity index (χ0) is 18.0. The number of benzene rings is 1. The molecule has 0 spiro atoms. The number of hydrogen-bond acceptors (Lipinski definition) is 6. The molecule has 0 amide bonds. The Bertz CT molecular complexity index is 867. The van der Waals surface area contributed by atoms with Gasteiger partial charge in [0.15, 0.2) is 9.84 Å². The summed E-state index contributed by atoms with van der Waals surface area (Å²) in [7, 11) is -2.93. The van der Waals surface area contributed by atoms with Crippen molar-refractivity contribution in [2.24, 2.45) is 0 Å². The second kappa shape index (κ2) is 7.00. The van der Waals surface area contributed by atoms with E-state index in [0.29, 0.717) is 18.9 Å². The summed E-state index contributed by atoms with van der Waals surface area (Å²) < 4.78 is 23.7. The van der Waals surface area contributed by atoms with Crippen LogP contribution in [0, 0.1) is 13.8 Å². The average Bonchev–Trinajstić information content (AvgIpc) is 2.87. The van der Waals surface area contributed by atoms with E-state index in [1.165, 1.54) is 0 Å². The second-order valence-electron chi connectivity index (χ2n) is 6.53. The van der Waals surface area contributed by atoms with Crippen LogP contribution in [0.25, 0.3) is 0 Å². The molecule has 25 heavy (non-hydrogen) atoms. The molecule has 0 bridgehead atoms. The average molecular weight is 360 g/mol. The molecule has 2 heterocycles. The fourth-order valence-electron chi connectivity index (χ4n) is 3.24. The van der Waals surface area contributed by atoms with Crippen molar-refractivity contribution in [1.29, 1.82) is 0 Å². The molecule has 2 aromatic rings. The third-order valence-electron chi connectivity index (χ3n) is 4.40. The van der Waals surface area contributed by atoms with E-state index in [1.54, 1.807) is 0 Å². The van der Waals surface area contributed by atoms with E-state index < -0.39 is 9.84 Å². The number of anilines is 3. The zero-order valence-corrected chi connectivity index (χ0v) is 15.7. The molecule has 1 aliphatic heterocycles. The molecule has 7 heteroatoms. The predicted octanol–water partition coefficient (Wildman–Crippen LogP) is 2.85. The van der Waals surface area contributed by atoms with Crippen molar-refractivity contribution in [2.45, 2.75) is 33.2 Å². The highest BCUT2D eigenvalue weighted by molar-refractivity contribution is 7.91. The molecule has 6 nitrogen and oxygen atoms in total. The number of nitrogens with zero attached hydrogens (tertiary/aromatic N) is 3. The summed E-state index contributed by atoms with van der Waals surface area (Å²) in [4.78, 5) is 11.2. The van der Waals surface area contributed by atoms with Gasteiger partial charge in [0.25, 0.3) is 0 Å². The highest BCUT2D eigenvalue weighted by Gasteiger charge is 2.32. The summed E-state index contributed by atoms with van der Waals surface area (Å²) in [6.45, 7) is 6.69. The first kappa shape index (κ1) is 17.7. The second-order valence-corrected chi connectivity index (χ2v) is 8.76. The molecule has 134 valence electrons. The largest absolute Gasteiger partial charge is 0.353 e. The van der Waals surface area contributed by atoms with Crippen molar-refractivity contribution in [2.75, 3.05) is 28.3 Å². The van der Waals surface area contributed by atoms with Gasteiger partial charge < -0.3 is 10.2 Å². The summed E-state index contributed by atoms with van der Waals surface area (Å²) in [5, 5.41) is 3.24. The van der Waals surface area contributed by atoms with Crippen LogP contribution in [-0.2, 0) is 9.84 Å². The van der Waals surface area contributed by atoms with Crippen LogP contribution in [0.4, 0.5) is 17.5 Å². The van der Waals surface area contributed by atoms with Gasteiger partial charge in [0, 0.05) is 30.0 Å². The Morgan fingerprint density at radius 3 is 2.68 bits per heavy atom. The van der Waals surface area contributed by atoms with Crippen LogP contribution in [0.15, 0.2) is 30.3 Å². The number of aryl methyl sites for hydroxylation is 2. The quantitative estimate of drug-likeness (QED) is 0.884. The topological polar surface area (TPSA) is 75.2 Å². The minimum Gasteiger partial charge on any atom is -0.353 e. The molecule has 1 unspecified atom stereocenters. The SMILES string of the molecule is CCN(c1cc(C)nc(Nc2cccc(C)c2)n1)C1CCS(=O)(=O)C1.